The fourth-order valence-corrected chi connectivity index (χ4v) is 11.1. The number of furan rings is 1. The van der Waals surface area contributed by atoms with Crippen molar-refractivity contribution in [2.24, 2.45) is 5.41 Å². The van der Waals surface area contributed by atoms with Crippen LogP contribution in [0.5, 0.6) is 0 Å². The van der Waals surface area contributed by atoms with E-state index in [0.29, 0.717) is 34.4 Å². The monoisotopic (exact) mass is 1090 g/mol. The normalized spacial score (nSPS) is 13.5. The van der Waals surface area contributed by atoms with Gasteiger partial charge in [0.2, 0.25) is 5.71 Å². The number of aryl methyl sites for hydroxylation is 2. The molecule has 9 aromatic rings. The first-order valence-corrected chi connectivity index (χ1v) is 29.2. The second kappa shape index (κ2) is 18.8. The third kappa shape index (κ3) is 9.90. The first kappa shape index (κ1) is 40.4. The minimum absolute atomic E-state index is 0. The topological polar surface area (TPSA) is 56.7 Å². The van der Waals surface area contributed by atoms with Crippen LogP contribution in [0.2, 0.25) is 17.3 Å². The maximum absolute atomic E-state index is 8.80. The molecule has 0 saturated carbocycles. The molecule has 0 aliphatic carbocycles. The number of aromatic nitrogens is 4. The van der Waals surface area contributed by atoms with Crippen LogP contribution in [0.1, 0.15) is 95.1 Å². The van der Waals surface area contributed by atoms with E-state index in [4.69, 9.17) is 16.3 Å². The first-order chi connectivity index (χ1) is 31.9. The van der Waals surface area contributed by atoms with E-state index >= 15 is 0 Å². The Balaban J connectivity index is 0.000000220. The second-order valence-corrected chi connectivity index (χ2v) is 29.8. The van der Waals surface area contributed by atoms with Crippen molar-refractivity contribution in [3.05, 3.63) is 162 Å². The van der Waals surface area contributed by atoms with E-state index in [0.717, 1.165) is 48.9 Å². The minimum Gasteiger partial charge on any atom is 0 e. The van der Waals surface area contributed by atoms with E-state index < -0.39 is 31.9 Å². The van der Waals surface area contributed by atoms with E-state index in [1.807, 2.05) is 52.1 Å². The molecular formula is C57H60GeIrN4O-2. The Morgan fingerprint density at radius 3 is 2.09 bits per heavy atom. The van der Waals surface area contributed by atoms with Crippen LogP contribution < -0.4 is 4.40 Å². The Bertz CT molecular complexity index is 3260. The molecule has 4 heterocycles. The number of fused-ring (bicyclic) bond motifs is 4. The third-order valence-corrected chi connectivity index (χ3v) is 15.5. The summed E-state index contributed by atoms with van der Waals surface area (Å²) in [5.74, 6) is 8.18. The zero-order valence-corrected chi connectivity index (χ0v) is 43.2. The van der Waals surface area contributed by atoms with Gasteiger partial charge in [-0.1, -0.05) is 75.5 Å². The Labute approximate surface area is 403 Å². The SMILES string of the molecule is Cc1ccc2c(n1)oc1c[c-]c(-c3nc4ccccc4n3-c3c(C(C)C)cc(-c4ccccc4)cc3C(C)C)cc12.[2H]C([2H])([2H])c1c[c-]c(-c2cc(C([2H])([2H])C(C)(C)C)[c]([Ge]([CH3])([CH3])[CH3])cn2)cc1.[Ir]. The molecule has 9 rings (SSSR count). The summed E-state index contributed by atoms with van der Waals surface area (Å²) in [5.41, 5.74) is 13.3. The molecule has 0 aliphatic heterocycles. The molecule has 5 aromatic carbocycles. The van der Waals surface area contributed by atoms with Crippen molar-refractivity contribution < 1.29 is 31.4 Å². The van der Waals surface area contributed by atoms with Gasteiger partial charge >= 0.3 is 145 Å². The average Bonchev–Trinajstić information content (AvgIpc) is 3.85. The molecule has 7 heteroatoms. The Hall–Kier alpha value is -5.14. The van der Waals surface area contributed by atoms with Crippen molar-refractivity contribution in [1.29, 1.82) is 0 Å². The molecule has 329 valence electrons. The van der Waals surface area contributed by atoms with Gasteiger partial charge in [0.05, 0.1) is 22.4 Å². The molecule has 0 spiro atoms. The molecule has 1 radical (unpaired) electrons. The van der Waals surface area contributed by atoms with Crippen LogP contribution in [0.25, 0.3) is 72.6 Å². The summed E-state index contributed by atoms with van der Waals surface area (Å²) < 4.78 is 49.5. The van der Waals surface area contributed by atoms with E-state index in [-0.39, 0.29) is 25.7 Å². The van der Waals surface area contributed by atoms with E-state index in [2.05, 4.69) is 150 Å². The maximum Gasteiger partial charge on any atom is 0 e. The molecule has 0 N–H and O–H groups in total. The number of hydrogen-bond donors (Lipinski definition) is 0. The van der Waals surface area contributed by atoms with Gasteiger partial charge in [-0.2, -0.15) is 0 Å². The quantitative estimate of drug-likeness (QED) is 0.112. The number of hydrogen-bond acceptors (Lipinski definition) is 4. The zero-order chi connectivity index (χ0) is 49.1. The van der Waals surface area contributed by atoms with Crippen LogP contribution in [-0.4, -0.2) is 32.8 Å². The summed E-state index contributed by atoms with van der Waals surface area (Å²) in [6, 6.07) is 45.1. The van der Waals surface area contributed by atoms with Crippen LogP contribution >= 0.6 is 0 Å². The van der Waals surface area contributed by atoms with Crippen LogP contribution in [0.4, 0.5) is 0 Å². The van der Waals surface area contributed by atoms with Gasteiger partial charge < -0.3 is 8.98 Å². The Morgan fingerprint density at radius 1 is 0.766 bits per heavy atom. The predicted octanol–water partition coefficient (Wildman–Crippen LogP) is 15.0. The number of benzene rings is 5. The van der Waals surface area contributed by atoms with Gasteiger partial charge in [0, 0.05) is 36.9 Å². The summed E-state index contributed by atoms with van der Waals surface area (Å²) in [7, 11) is 0. The van der Waals surface area contributed by atoms with E-state index in [1.54, 1.807) is 12.1 Å². The molecule has 0 aliphatic rings. The molecule has 0 fully saturated rings. The van der Waals surface area contributed by atoms with Gasteiger partial charge in [-0.05, 0) is 77.4 Å². The van der Waals surface area contributed by atoms with Crippen molar-refractivity contribution in [1.82, 2.24) is 19.5 Å². The van der Waals surface area contributed by atoms with Crippen molar-refractivity contribution in [2.45, 2.75) is 97.7 Å². The summed E-state index contributed by atoms with van der Waals surface area (Å²) in [5, 5.41) is 2.02. The van der Waals surface area contributed by atoms with Gasteiger partial charge in [0.1, 0.15) is 0 Å². The maximum atomic E-state index is 8.80. The summed E-state index contributed by atoms with van der Waals surface area (Å²) in [4.78, 5) is 14.4. The molecule has 0 bridgehead atoms. The van der Waals surface area contributed by atoms with Crippen molar-refractivity contribution in [2.75, 3.05) is 0 Å². The molecule has 64 heavy (non-hydrogen) atoms. The van der Waals surface area contributed by atoms with Crippen LogP contribution in [0, 0.1) is 31.3 Å². The van der Waals surface area contributed by atoms with Gasteiger partial charge in [0.25, 0.3) is 0 Å². The molecular weight excluding hydrogens is 1020 g/mol. The summed E-state index contributed by atoms with van der Waals surface area (Å²) in [6.07, 6.45) is 0.303. The number of nitrogens with zero attached hydrogens (tertiary/aromatic N) is 4. The smallest absolute Gasteiger partial charge is 0 e. The zero-order valence-electron chi connectivity index (χ0n) is 43.7. The van der Waals surface area contributed by atoms with Gasteiger partial charge in [-0.3, -0.25) is 4.98 Å². The molecule has 0 unspecified atom stereocenters. The van der Waals surface area contributed by atoms with Crippen molar-refractivity contribution in [3.63, 3.8) is 0 Å². The predicted molar refractivity (Wildman–Crippen MR) is 268 cm³/mol. The second-order valence-electron chi connectivity index (χ2n) is 19.2. The first-order valence-electron chi connectivity index (χ1n) is 24.4. The van der Waals surface area contributed by atoms with E-state index in [1.165, 1.54) is 34.0 Å². The Morgan fingerprint density at radius 2 is 1.45 bits per heavy atom. The minimum atomic E-state index is -2.36. The summed E-state index contributed by atoms with van der Waals surface area (Å²) in [6.45, 7) is 14.7. The van der Waals surface area contributed by atoms with E-state index in [9.17, 15) is 0 Å². The van der Waals surface area contributed by atoms with Crippen molar-refractivity contribution >= 4 is 50.8 Å². The third-order valence-electron chi connectivity index (χ3n) is 11.3. The molecule has 0 saturated heterocycles. The largest absolute Gasteiger partial charge is 0 e. The van der Waals surface area contributed by atoms with Gasteiger partial charge in [0.15, 0.2) is 0 Å². The Kier molecular flexibility index (Phi) is 11.8. The fraction of sp³-hybridized carbons (Fsp3) is 0.281. The van der Waals surface area contributed by atoms with Gasteiger partial charge in [-0.25, -0.2) is 4.98 Å². The van der Waals surface area contributed by atoms with Gasteiger partial charge in [-0.15, -0.1) is 23.8 Å². The fourth-order valence-electron chi connectivity index (χ4n) is 8.16. The number of para-hydroxylation sites is 2. The molecule has 4 aromatic heterocycles. The average molecular weight is 1090 g/mol. The molecule has 5 nitrogen and oxygen atoms in total. The van der Waals surface area contributed by atoms with Crippen molar-refractivity contribution in [3.8, 4) is 39.5 Å². The standard InChI is InChI=1S/C37H32N3O.C20H28GeN.Ir/c1-22(2)29-20-27(25-11-7-6-8-12-25)21-30(23(3)4)35(29)40-33-14-10-9-13-32(33)39-36(40)26-16-18-34-31(19-26)28-17-15-24(5)38-37(28)41-34;1-15-8-10-16(11-9-15)19-12-17(13-20(2,3)4)18(14-22-19)21(5,6)7;/h6-15,17-23H,1-5H3;8-10,12,14H,13H2,1-7H3;/q2*-1;/i;1D3,13D2;. The summed E-state index contributed by atoms with van der Waals surface area (Å²) >= 11 is -2.36. The number of pyridine rings is 2. The van der Waals surface area contributed by atoms with Crippen LogP contribution in [-0.2, 0) is 26.5 Å². The molecule has 0 amide bonds. The van der Waals surface area contributed by atoms with Crippen LogP contribution in [0.3, 0.4) is 0 Å². The number of rotatable bonds is 8. The molecule has 0 atom stereocenters. The number of imidazole rings is 1. The van der Waals surface area contributed by atoms with Crippen LogP contribution in [0.15, 0.2) is 126 Å².